The fourth-order valence-electron chi connectivity index (χ4n) is 0.760. The number of pyridine rings is 1. The van der Waals surface area contributed by atoms with Crippen molar-refractivity contribution in [2.24, 2.45) is 0 Å². The Morgan fingerprint density at radius 2 is 2.18 bits per heavy atom. The van der Waals surface area contributed by atoms with Crippen LogP contribution in [0.25, 0.3) is 0 Å². The first kappa shape index (κ1) is 8.34. The average molecular weight is 171 g/mol. The lowest BCUT2D eigenvalue weighted by molar-refractivity contribution is 1.06. The lowest BCUT2D eigenvalue weighted by Crippen LogP contribution is -2.10. The minimum atomic E-state index is 0.528. The van der Waals surface area contributed by atoms with Gasteiger partial charge in [0.1, 0.15) is 5.82 Å². The number of hydrogen-bond donors (Lipinski definition) is 0. The van der Waals surface area contributed by atoms with E-state index >= 15 is 0 Å². The normalized spacial score (nSPS) is 9.73. The molecule has 1 heterocycles. The molecule has 0 N–H and O–H groups in total. The summed E-state index contributed by atoms with van der Waals surface area (Å²) in [4.78, 5) is 6.15. The maximum atomic E-state index is 5.61. The Morgan fingerprint density at radius 3 is 2.55 bits per heavy atom. The van der Waals surface area contributed by atoms with Gasteiger partial charge in [0.15, 0.2) is 0 Å². The highest BCUT2D eigenvalue weighted by Crippen LogP contribution is 2.08. The van der Waals surface area contributed by atoms with E-state index < -0.39 is 0 Å². The summed E-state index contributed by atoms with van der Waals surface area (Å²) in [6.07, 6.45) is 1.79. The van der Waals surface area contributed by atoms with E-state index in [0.29, 0.717) is 5.88 Å². The zero-order valence-corrected chi connectivity index (χ0v) is 7.47. The van der Waals surface area contributed by atoms with E-state index in [-0.39, 0.29) is 0 Å². The Hall–Kier alpha value is -0.760. The summed E-state index contributed by atoms with van der Waals surface area (Å²) < 4.78 is 0. The van der Waals surface area contributed by atoms with Gasteiger partial charge in [-0.3, -0.25) is 0 Å². The van der Waals surface area contributed by atoms with Gasteiger partial charge in [-0.2, -0.15) is 0 Å². The van der Waals surface area contributed by atoms with Crippen LogP contribution in [0.4, 0.5) is 5.82 Å². The van der Waals surface area contributed by atoms with Gasteiger partial charge in [0.05, 0.1) is 0 Å². The molecule has 0 saturated carbocycles. The molecule has 2 nitrogen and oxygen atoms in total. The third-order valence-electron chi connectivity index (χ3n) is 1.42. The van der Waals surface area contributed by atoms with Gasteiger partial charge in [0.25, 0.3) is 0 Å². The van der Waals surface area contributed by atoms with Gasteiger partial charge in [-0.05, 0) is 11.6 Å². The molecule has 0 spiro atoms. The van der Waals surface area contributed by atoms with Crippen LogP contribution in [-0.2, 0) is 5.88 Å². The van der Waals surface area contributed by atoms with Gasteiger partial charge in [-0.25, -0.2) is 4.98 Å². The van der Waals surface area contributed by atoms with E-state index in [1.54, 1.807) is 6.20 Å². The Labute approximate surface area is 71.8 Å². The fourth-order valence-corrected chi connectivity index (χ4v) is 0.918. The van der Waals surface area contributed by atoms with E-state index in [9.17, 15) is 0 Å². The fraction of sp³-hybridized carbons (Fsp3) is 0.375. The Kier molecular flexibility index (Phi) is 2.71. The molecule has 0 aliphatic rings. The van der Waals surface area contributed by atoms with Crippen LogP contribution in [0.3, 0.4) is 0 Å². The van der Waals surface area contributed by atoms with Crippen molar-refractivity contribution >= 4 is 17.4 Å². The molecule has 0 saturated heterocycles. The molecule has 1 aromatic rings. The lowest BCUT2D eigenvalue weighted by Gasteiger charge is -2.10. The van der Waals surface area contributed by atoms with Gasteiger partial charge < -0.3 is 4.90 Å². The van der Waals surface area contributed by atoms with Crippen LogP contribution in [0, 0.1) is 0 Å². The minimum Gasteiger partial charge on any atom is -0.363 e. The van der Waals surface area contributed by atoms with Crippen LogP contribution < -0.4 is 4.90 Å². The van der Waals surface area contributed by atoms with E-state index in [2.05, 4.69) is 4.98 Å². The summed E-state index contributed by atoms with van der Waals surface area (Å²) in [5.74, 6) is 1.49. The molecular formula is C8H11ClN2. The van der Waals surface area contributed by atoms with E-state index in [4.69, 9.17) is 11.6 Å². The second kappa shape index (κ2) is 3.58. The van der Waals surface area contributed by atoms with Crippen LogP contribution in [0.15, 0.2) is 18.3 Å². The van der Waals surface area contributed by atoms with Crippen LogP contribution >= 0.6 is 11.6 Å². The number of rotatable bonds is 2. The number of alkyl halides is 1. The van der Waals surface area contributed by atoms with Crippen molar-refractivity contribution in [1.82, 2.24) is 4.98 Å². The quantitative estimate of drug-likeness (QED) is 0.631. The van der Waals surface area contributed by atoms with Gasteiger partial charge >= 0.3 is 0 Å². The Balaban J connectivity index is 2.83. The molecule has 0 unspecified atom stereocenters. The standard InChI is InChI=1S/C8H11ClN2/c1-11(2)8-4-3-7(5-9)6-10-8/h3-4,6H,5H2,1-2H3. The van der Waals surface area contributed by atoms with Gasteiger partial charge in [-0.1, -0.05) is 6.07 Å². The maximum Gasteiger partial charge on any atom is 0.127 e. The van der Waals surface area contributed by atoms with Crippen molar-refractivity contribution in [2.75, 3.05) is 19.0 Å². The van der Waals surface area contributed by atoms with Crippen LogP contribution in [0.1, 0.15) is 5.56 Å². The van der Waals surface area contributed by atoms with Gasteiger partial charge in [0, 0.05) is 26.2 Å². The molecule has 0 aliphatic carbocycles. The molecule has 0 radical (unpaired) electrons. The highest BCUT2D eigenvalue weighted by atomic mass is 35.5. The lowest BCUT2D eigenvalue weighted by atomic mass is 10.3. The topological polar surface area (TPSA) is 16.1 Å². The molecule has 0 aliphatic heterocycles. The van der Waals surface area contributed by atoms with Crippen LogP contribution in [-0.4, -0.2) is 19.1 Å². The smallest absolute Gasteiger partial charge is 0.127 e. The summed E-state index contributed by atoms with van der Waals surface area (Å²) in [7, 11) is 3.92. The first-order chi connectivity index (χ1) is 5.24. The van der Waals surface area contributed by atoms with Crippen molar-refractivity contribution in [3.63, 3.8) is 0 Å². The SMILES string of the molecule is CN(C)c1ccc(CCl)cn1. The average Bonchev–Trinajstić information content (AvgIpc) is 2.05. The highest BCUT2D eigenvalue weighted by Gasteiger charge is 1.95. The first-order valence-corrected chi connectivity index (χ1v) is 3.95. The number of aromatic nitrogens is 1. The summed E-state index contributed by atoms with van der Waals surface area (Å²) in [6, 6.07) is 3.94. The minimum absolute atomic E-state index is 0.528. The molecule has 11 heavy (non-hydrogen) atoms. The van der Waals surface area contributed by atoms with Gasteiger partial charge in [-0.15, -0.1) is 11.6 Å². The largest absolute Gasteiger partial charge is 0.363 e. The molecule has 0 atom stereocenters. The molecule has 0 aromatic carbocycles. The highest BCUT2D eigenvalue weighted by molar-refractivity contribution is 6.17. The van der Waals surface area contributed by atoms with Crippen molar-refractivity contribution in [3.05, 3.63) is 23.9 Å². The third kappa shape index (κ3) is 2.09. The first-order valence-electron chi connectivity index (χ1n) is 3.42. The molecule has 1 aromatic heterocycles. The summed E-state index contributed by atoms with van der Waals surface area (Å²) in [5.41, 5.74) is 1.05. The Bertz CT molecular complexity index is 218. The second-order valence-electron chi connectivity index (χ2n) is 2.55. The molecule has 3 heteroatoms. The van der Waals surface area contributed by atoms with Crippen LogP contribution in [0.5, 0.6) is 0 Å². The number of anilines is 1. The number of hydrogen-bond acceptors (Lipinski definition) is 2. The number of nitrogens with zero attached hydrogens (tertiary/aromatic N) is 2. The van der Waals surface area contributed by atoms with Gasteiger partial charge in [0.2, 0.25) is 0 Å². The predicted octanol–water partition coefficient (Wildman–Crippen LogP) is 1.89. The molecular weight excluding hydrogens is 160 g/mol. The van der Waals surface area contributed by atoms with Crippen molar-refractivity contribution in [1.29, 1.82) is 0 Å². The van der Waals surface area contributed by atoms with Crippen molar-refractivity contribution in [2.45, 2.75) is 5.88 Å². The molecule has 0 fully saturated rings. The summed E-state index contributed by atoms with van der Waals surface area (Å²) in [6.45, 7) is 0. The molecule has 0 amide bonds. The van der Waals surface area contributed by atoms with E-state index in [1.807, 2.05) is 31.1 Å². The predicted molar refractivity (Wildman–Crippen MR) is 48.1 cm³/mol. The molecule has 0 bridgehead atoms. The van der Waals surface area contributed by atoms with E-state index in [1.165, 1.54) is 0 Å². The number of halogens is 1. The molecule has 1 rings (SSSR count). The van der Waals surface area contributed by atoms with Crippen molar-refractivity contribution < 1.29 is 0 Å². The maximum absolute atomic E-state index is 5.61. The Morgan fingerprint density at radius 1 is 1.45 bits per heavy atom. The van der Waals surface area contributed by atoms with Crippen molar-refractivity contribution in [3.8, 4) is 0 Å². The molecule has 60 valence electrons. The van der Waals surface area contributed by atoms with Crippen LogP contribution in [0.2, 0.25) is 0 Å². The zero-order valence-electron chi connectivity index (χ0n) is 6.71. The zero-order chi connectivity index (χ0) is 8.27. The summed E-state index contributed by atoms with van der Waals surface area (Å²) >= 11 is 5.61. The summed E-state index contributed by atoms with van der Waals surface area (Å²) in [5, 5.41) is 0. The van der Waals surface area contributed by atoms with E-state index in [0.717, 1.165) is 11.4 Å². The second-order valence-corrected chi connectivity index (χ2v) is 2.82. The third-order valence-corrected chi connectivity index (χ3v) is 1.73. The monoisotopic (exact) mass is 170 g/mol.